The molecule has 0 radical (unpaired) electrons. The first kappa shape index (κ1) is 15.3. The maximum atomic E-state index is 13.7. The molecule has 2 aromatic rings. The minimum absolute atomic E-state index is 0.113. The first-order valence-corrected chi connectivity index (χ1v) is 7.18. The van der Waals surface area contributed by atoms with Crippen LogP contribution in [-0.4, -0.2) is 19.0 Å². The molecule has 1 aliphatic heterocycles. The molecule has 0 saturated carbocycles. The van der Waals surface area contributed by atoms with Gasteiger partial charge in [0.2, 0.25) is 0 Å². The Morgan fingerprint density at radius 3 is 1.65 bits per heavy atom. The van der Waals surface area contributed by atoms with Crippen LogP contribution in [0, 0.1) is 11.6 Å². The molecule has 0 aromatic heterocycles. The van der Waals surface area contributed by atoms with E-state index in [2.05, 4.69) is 0 Å². The number of hydrogen-bond acceptors (Lipinski definition) is 2. The summed E-state index contributed by atoms with van der Waals surface area (Å²) in [4.78, 5) is 12.5. The Balaban J connectivity index is 1.93. The molecule has 23 heavy (non-hydrogen) atoms. The summed E-state index contributed by atoms with van der Waals surface area (Å²) in [6.07, 6.45) is 2.96. The van der Waals surface area contributed by atoms with E-state index in [1.807, 2.05) is 0 Å². The van der Waals surface area contributed by atoms with Crippen LogP contribution in [0.2, 0.25) is 0 Å². The minimum atomic E-state index is -0.405. The minimum Gasteiger partial charge on any atom is -0.372 e. The monoisotopic (exact) mass is 312 g/mol. The van der Waals surface area contributed by atoms with Crippen LogP contribution in [0.5, 0.6) is 0 Å². The number of ether oxygens (including phenoxy) is 1. The van der Waals surface area contributed by atoms with Crippen molar-refractivity contribution in [3.05, 3.63) is 82.4 Å². The summed E-state index contributed by atoms with van der Waals surface area (Å²) in [7, 11) is 0. The maximum absolute atomic E-state index is 13.7. The lowest BCUT2D eigenvalue weighted by atomic mass is 9.97. The smallest absolute Gasteiger partial charge is 0.189 e. The highest BCUT2D eigenvalue weighted by Crippen LogP contribution is 2.21. The molecule has 0 atom stereocenters. The van der Waals surface area contributed by atoms with Gasteiger partial charge in [0.05, 0.1) is 13.2 Å². The summed E-state index contributed by atoms with van der Waals surface area (Å²) in [6.45, 7) is 0.226. The number of hydrogen-bond donors (Lipinski definition) is 0. The molecule has 0 N–H and O–H groups in total. The third-order valence-corrected chi connectivity index (χ3v) is 3.57. The van der Waals surface area contributed by atoms with E-state index in [1.54, 1.807) is 36.4 Å². The quantitative estimate of drug-likeness (QED) is 0.783. The van der Waals surface area contributed by atoms with Crippen LogP contribution in [-0.2, 0) is 9.53 Å². The fraction of sp³-hybridized carbons (Fsp3) is 0.105. The molecule has 0 aliphatic carbocycles. The lowest BCUT2D eigenvalue weighted by Crippen LogP contribution is -2.22. The lowest BCUT2D eigenvalue weighted by Gasteiger charge is -2.17. The Morgan fingerprint density at radius 1 is 0.783 bits per heavy atom. The molecule has 1 saturated heterocycles. The van der Waals surface area contributed by atoms with Gasteiger partial charge in [-0.25, -0.2) is 8.78 Å². The largest absolute Gasteiger partial charge is 0.372 e. The molecule has 2 aromatic carbocycles. The third-order valence-electron chi connectivity index (χ3n) is 3.57. The van der Waals surface area contributed by atoms with Gasteiger partial charge in [-0.2, -0.15) is 0 Å². The molecule has 4 heteroatoms. The first-order chi connectivity index (χ1) is 11.1. The second kappa shape index (κ2) is 6.67. The molecule has 0 spiro atoms. The summed E-state index contributed by atoms with van der Waals surface area (Å²) < 4.78 is 32.8. The van der Waals surface area contributed by atoms with Crippen molar-refractivity contribution in [2.45, 2.75) is 0 Å². The van der Waals surface area contributed by atoms with Crippen LogP contribution in [0.1, 0.15) is 11.1 Å². The lowest BCUT2D eigenvalue weighted by molar-refractivity contribution is -0.114. The van der Waals surface area contributed by atoms with E-state index in [4.69, 9.17) is 4.74 Å². The van der Waals surface area contributed by atoms with Gasteiger partial charge in [0.15, 0.2) is 5.78 Å². The van der Waals surface area contributed by atoms with Crippen molar-refractivity contribution >= 4 is 17.9 Å². The van der Waals surface area contributed by atoms with Crippen molar-refractivity contribution in [3.8, 4) is 0 Å². The fourth-order valence-corrected chi connectivity index (χ4v) is 2.38. The Bertz CT molecular complexity index is 741. The highest BCUT2D eigenvalue weighted by Gasteiger charge is 2.21. The average Bonchev–Trinajstić information content (AvgIpc) is 2.55. The summed E-state index contributed by atoms with van der Waals surface area (Å²) in [5.41, 5.74) is 1.35. The highest BCUT2D eigenvalue weighted by atomic mass is 19.1. The van der Waals surface area contributed by atoms with Crippen molar-refractivity contribution in [2.75, 3.05) is 13.2 Å². The van der Waals surface area contributed by atoms with E-state index < -0.39 is 11.6 Å². The number of carbonyl (C=O) groups is 1. The molecule has 1 aliphatic rings. The topological polar surface area (TPSA) is 26.3 Å². The van der Waals surface area contributed by atoms with Crippen LogP contribution < -0.4 is 0 Å². The zero-order chi connectivity index (χ0) is 16.2. The van der Waals surface area contributed by atoms with Gasteiger partial charge in [-0.3, -0.25) is 4.79 Å². The van der Waals surface area contributed by atoms with Gasteiger partial charge >= 0.3 is 0 Å². The van der Waals surface area contributed by atoms with Crippen LogP contribution in [0.25, 0.3) is 12.2 Å². The molecular formula is C19H14F2O2. The summed E-state index contributed by atoms with van der Waals surface area (Å²) in [5, 5.41) is 0. The number of Topliss-reactive ketones (excluding diaryl/α,β-unsaturated/α-hetero) is 1. The van der Waals surface area contributed by atoms with Crippen molar-refractivity contribution in [1.82, 2.24) is 0 Å². The van der Waals surface area contributed by atoms with Gasteiger partial charge in [0.25, 0.3) is 0 Å². The number of halogens is 2. The Morgan fingerprint density at radius 2 is 1.22 bits per heavy atom. The van der Waals surface area contributed by atoms with Crippen molar-refractivity contribution < 1.29 is 18.3 Å². The molecule has 1 fully saturated rings. The number of carbonyl (C=O) groups excluding carboxylic acids is 1. The van der Waals surface area contributed by atoms with Gasteiger partial charge in [0, 0.05) is 22.3 Å². The summed E-state index contributed by atoms with van der Waals surface area (Å²) in [6, 6.07) is 12.4. The predicted molar refractivity (Wildman–Crippen MR) is 84.6 cm³/mol. The Hall–Kier alpha value is -2.59. The normalized spacial score (nSPS) is 18.6. The van der Waals surface area contributed by atoms with E-state index in [9.17, 15) is 13.6 Å². The van der Waals surface area contributed by atoms with Crippen LogP contribution in [0.3, 0.4) is 0 Å². The van der Waals surface area contributed by atoms with Crippen molar-refractivity contribution in [2.24, 2.45) is 0 Å². The molecule has 1 heterocycles. The van der Waals surface area contributed by atoms with Gasteiger partial charge in [-0.05, 0) is 24.3 Å². The second-order valence-electron chi connectivity index (χ2n) is 5.20. The maximum Gasteiger partial charge on any atom is 0.189 e. The van der Waals surface area contributed by atoms with E-state index in [0.29, 0.717) is 22.3 Å². The van der Waals surface area contributed by atoms with Gasteiger partial charge in [-0.15, -0.1) is 0 Å². The second-order valence-corrected chi connectivity index (χ2v) is 5.20. The highest BCUT2D eigenvalue weighted by molar-refractivity contribution is 6.14. The molecule has 0 bridgehead atoms. The summed E-state index contributed by atoms with van der Waals surface area (Å²) in [5.74, 6) is -1.06. The van der Waals surface area contributed by atoms with E-state index in [0.717, 1.165) is 0 Å². The predicted octanol–water partition coefficient (Wildman–Crippen LogP) is 4.03. The number of ketones is 1. The molecular weight excluding hydrogens is 298 g/mol. The number of rotatable bonds is 2. The van der Waals surface area contributed by atoms with E-state index in [-0.39, 0.29) is 19.0 Å². The Kier molecular flexibility index (Phi) is 4.44. The Labute approximate surface area is 132 Å². The molecule has 116 valence electrons. The van der Waals surface area contributed by atoms with E-state index >= 15 is 0 Å². The van der Waals surface area contributed by atoms with Gasteiger partial charge in [-0.1, -0.05) is 36.4 Å². The average molecular weight is 312 g/mol. The van der Waals surface area contributed by atoms with Gasteiger partial charge in [0.1, 0.15) is 11.6 Å². The van der Waals surface area contributed by atoms with Crippen molar-refractivity contribution in [1.29, 1.82) is 0 Å². The summed E-state index contributed by atoms with van der Waals surface area (Å²) >= 11 is 0. The van der Waals surface area contributed by atoms with Crippen LogP contribution >= 0.6 is 0 Å². The van der Waals surface area contributed by atoms with Crippen LogP contribution in [0.4, 0.5) is 8.78 Å². The van der Waals surface area contributed by atoms with Crippen molar-refractivity contribution in [3.63, 3.8) is 0 Å². The van der Waals surface area contributed by atoms with E-state index in [1.165, 1.54) is 24.3 Å². The third kappa shape index (κ3) is 3.43. The molecule has 3 rings (SSSR count). The fourth-order valence-electron chi connectivity index (χ4n) is 2.38. The molecule has 0 unspecified atom stereocenters. The zero-order valence-electron chi connectivity index (χ0n) is 12.3. The zero-order valence-corrected chi connectivity index (χ0v) is 12.3. The first-order valence-electron chi connectivity index (χ1n) is 7.18. The van der Waals surface area contributed by atoms with Crippen LogP contribution in [0.15, 0.2) is 59.7 Å². The molecule has 2 nitrogen and oxygen atoms in total. The SMILES string of the molecule is O=C1C(=Cc2ccccc2F)COCC1=Cc1ccccc1F. The standard InChI is InChI=1S/C19H14F2O2/c20-17-7-3-1-5-13(17)9-15-11-23-12-16(19(15)22)10-14-6-2-4-8-18(14)21/h1-10H,11-12H2. The van der Waals surface area contributed by atoms with Gasteiger partial charge < -0.3 is 4.74 Å². The molecule has 0 amide bonds. The number of benzene rings is 2.